The topological polar surface area (TPSA) is 38.3 Å². The Morgan fingerprint density at radius 1 is 1.00 bits per heavy atom. The highest BCUT2D eigenvalue weighted by molar-refractivity contribution is 5.96. The zero-order valence-electron chi connectivity index (χ0n) is 16.6. The predicted octanol–water partition coefficient (Wildman–Crippen LogP) is 5.56. The summed E-state index contributed by atoms with van der Waals surface area (Å²) in [7, 11) is 0. The van der Waals surface area contributed by atoms with Crippen LogP contribution in [0.2, 0.25) is 0 Å². The Labute approximate surface area is 167 Å². The van der Waals surface area contributed by atoms with E-state index in [1.807, 2.05) is 31.2 Å². The summed E-state index contributed by atoms with van der Waals surface area (Å²) in [6.45, 7) is 2.63. The van der Waals surface area contributed by atoms with E-state index in [4.69, 9.17) is 4.74 Å². The number of hydrogen-bond donors (Lipinski definition) is 1. The molecule has 4 saturated carbocycles. The molecule has 3 heteroatoms. The summed E-state index contributed by atoms with van der Waals surface area (Å²) >= 11 is 0. The first-order chi connectivity index (χ1) is 13.6. The average molecular weight is 376 g/mol. The van der Waals surface area contributed by atoms with Crippen molar-refractivity contribution in [1.82, 2.24) is 0 Å². The van der Waals surface area contributed by atoms with Crippen LogP contribution < -0.4 is 10.1 Å². The van der Waals surface area contributed by atoms with Gasteiger partial charge in [-0.05, 0) is 92.5 Å². The van der Waals surface area contributed by atoms with Gasteiger partial charge in [-0.25, -0.2) is 0 Å². The Bertz CT molecular complexity index is 844. The molecule has 6 rings (SSSR count). The summed E-state index contributed by atoms with van der Waals surface area (Å²) in [5, 5.41) is 3.24. The minimum absolute atomic E-state index is 0.196. The Balaban J connectivity index is 1.40. The smallest absolute Gasteiger partial charge is 0.230 e. The lowest BCUT2D eigenvalue weighted by atomic mass is 9.42. The summed E-state index contributed by atoms with van der Waals surface area (Å²) in [5.41, 5.74) is 2.31. The Hall–Kier alpha value is -2.29. The molecule has 0 radical (unpaired) electrons. The van der Waals surface area contributed by atoms with E-state index in [0.717, 1.165) is 30.7 Å². The molecule has 4 aliphatic rings. The van der Waals surface area contributed by atoms with Crippen LogP contribution in [-0.4, -0.2) is 12.5 Å². The Morgan fingerprint density at radius 3 is 2.32 bits per heavy atom. The molecule has 2 unspecified atom stereocenters. The van der Waals surface area contributed by atoms with E-state index in [1.165, 1.54) is 24.8 Å². The van der Waals surface area contributed by atoms with Crippen LogP contribution in [-0.2, 0) is 10.2 Å². The number of ether oxygens (including phenoxy) is 1. The maximum Gasteiger partial charge on any atom is 0.230 e. The van der Waals surface area contributed by atoms with Gasteiger partial charge in [-0.3, -0.25) is 4.79 Å². The van der Waals surface area contributed by atoms with Gasteiger partial charge in [-0.2, -0.15) is 0 Å². The van der Waals surface area contributed by atoms with Gasteiger partial charge in [0.15, 0.2) is 0 Å². The lowest BCUT2D eigenvalue weighted by Crippen LogP contribution is -2.57. The second-order valence-electron chi connectivity index (χ2n) is 9.30. The maximum absolute atomic E-state index is 13.5. The number of amides is 1. The van der Waals surface area contributed by atoms with Gasteiger partial charge < -0.3 is 10.1 Å². The molecule has 28 heavy (non-hydrogen) atoms. The maximum atomic E-state index is 13.5. The molecule has 2 aromatic carbocycles. The molecule has 4 aliphatic carbocycles. The number of carbonyl (C=O) groups excluding carboxylic acids is 1. The van der Waals surface area contributed by atoms with E-state index < -0.39 is 0 Å². The van der Waals surface area contributed by atoms with Crippen molar-refractivity contribution in [1.29, 1.82) is 0 Å². The molecular formula is C25H29NO2. The first-order valence-corrected chi connectivity index (χ1v) is 10.7. The summed E-state index contributed by atoms with van der Waals surface area (Å²) < 4.78 is 5.52. The van der Waals surface area contributed by atoms with Gasteiger partial charge in [0.25, 0.3) is 0 Å². The molecule has 2 aromatic rings. The van der Waals surface area contributed by atoms with Crippen LogP contribution >= 0.6 is 0 Å². The fraction of sp³-hybridized carbons (Fsp3) is 0.480. The van der Waals surface area contributed by atoms with E-state index in [1.54, 1.807) is 0 Å². The molecule has 0 aromatic heterocycles. The van der Waals surface area contributed by atoms with Crippen LogP contribution in [0.5, 0.6) is 5.75 Å². The number of hydrogen-bond acceptors (Lipinski definition) is 2. The van der Waals surface area contributed by atoms with E-state index in [2.05, 4.69) is 35.6 Å². The third-order valence-electron chi connectivity index (χ3n) is 7.35. The molecule has 4 fully saturated rings. The standard InChI is InChI=1S/C25H29NO2/c1-2-28-22-10-8-21(9-11-22)26-23(27)25-15-18-12-19(16-25)14-24(13-18,17-25)20-6-4-3-5-7-20/h3-11,18-19H,2,12-17H2,1H3,(H,26,27)/t18-,19+,24?,25?. The predicted molar refractivity (Wildman–Crippen MR) is 111 cm³/mol. The fourth-order valence-electron chi connectivity index (χ4n) is 6.72. The number of benzene rings is 2. The van der Waals surface area contributed by atoms with E-state index in [-0.39, 0.29) is 16.7 Å². The van der Waals surface area contributed by atoms with Gasteiger partial charge >= 0.3 is 0 Å². The molecule has 1 amide bonds. The van der Waals surface area contributed by atoms with Crippen LogP contribution in [0.25, 0.3) is 0 Å². The van der Waals surface area contributed by atoms with Crippen molar-refractivity contribution in [2.75, 3.05) is 11.9 Å². The number of anilines is 1. The highest BCUT2D eigenvalue weighted by atomic mass is 16.5. The summed E-state index contributed by atoms with van der Waals surface area (Å²) in [6.07, 6.45) is 6.94. The largest absolute Gasteiger partial charge is 0.494 e. The van der Waals surface area contributed by atoms with E-state index in [0.29, 0.717) is 18.4 Å². The SMILES string of the molecule is CCOc1ccc(NC(=O)C23C[C@H]4C[C@@H](C2)CC(c2ccccc2)(C4)C3)cc1. The van der Waals surface area contributed by atoms with Crippen molar-refractivity contribution < 1.29 is 9.53 Å². The second-order valence-corrected chi connectivity index (χ2v) is 9.30. The fourth-order valence-corrected chi connectivity index (χ4v) is 6.72. The first-order valence-electron chi connectivity index (χ1n) is 10.7. The summed E-state index contributed by atoms with van der Waals surface area (Å²) in [5.74, 6) is 2.45. The van der Waals surface area contributed by atoms with Gasteiger partial charge in [-0.1, -0.05) is 30.3 Å². The van der Waals surface area contributed by atoms with Crippen molar-refractivity contribution in [3.05, 3.63) is 60.2 Å². The quantitative estimate of drug-likeness (QED) is 0.743. The van der Waals surface area contributed by atoms with Crippen LogP contribution in [0.3, 0.4) is 0 Å². The highest BCUT2D eigenvalue weighted by Crippen LogP contribution is 2.65. The molecule has 0 saturated heterocycles. The van der Waals surface area contributed by atoms with E-state index in [9.17, 15) is 4.79 Å². The van der Waals surface area contributed by atoms with Gasteiger partial charge in [0.1, 0.15) is 5.75 Å². The van der Waals surface area contributed by atoms with Gasteiger partial charge in [0, 0.05) is 5.69 Å². The molecule has 1 N–H and O–H groups in total. The summed E-state index contributed by atoms with van der Waals surface area (Å²) in [6, 6.07) is 18.7. The normalized spacial score (nSPS) is 32.9. The molecule has 0 aliphatic heterocycles. The van der Waals surface area contributed by atoms with Crippen LogP contribution in [0, 0.1) is 17.3 Å². The molecule has 4 atom stereocenters. The number of carbonyl (C=O) groups is 1. The van der Waals surface area contributed by atoms with Gasteiger partial charge in [0.2, 0.25) is 5.91 Å². The zero-order chi connectivity index (χ0) is 19.2. The summed E-state index contributed by atoms with van der Waals surface area (Å²) in [4.78, 5) is 13.5. The average Bonchev–Trinajstić information content (AvgIpc) is 2.69. The van der Waals surface area contributed by atoms with E-state index >= 15 is 0 Å². The number of rotatable bonds is 5. The van der Waals surface area contributed by atoms with Crippen molar-refractivity contribution in [3.8, 4) is 5.75 Å². The molecule has 0 heterocycles. The van der Waals surface area contributed by atoms with Crippen LogP contribution in [0.4, 0.5) is 5.69 Å². The monoisotopic (exact) mass is 375 g/mol. The highest BCUT2D eigenvalue weighted by Gasteiger charge is 2.60. The third-order valence-corrected chi connectivity index (χ3v) is 7.35. The molecule has 146 valence electrons. The molecule has 4 bridgehead atoms. The van der Waals surface area contributed by atoms with Crippen molar-refractivity contribution >= 4 is 11.6 Å². The molecule has 3 nitrogen and oxygen atoms in total. The minimum atomic E-state index is -0.210. The Kier molecular flexibility index (Phi) is 4.22. The van der Waals surface area contributed by atoms with Crippen LogP contribution in [0.15, 0.2) is 54.6 Å². The van der Waals surface area contributed by atoms with Gasteiger partial charge in [-0.15, -0.1) is 0 Å². The van der Waals surface area contributed by atoms with Crippen molar-refractivity contribution in [3.63, 3.8) is 0 Å². The number of nitrogens with one attached hydrogen (secondary N) is 1. The molecular weight excluding hydrogens is 346 g/mol. The van der Waals surface area contributed by atoms with Crippen molar-refractivity contribution in [2.24, 2.45) is 17.3 Å². The minimum Gasteiger partial charge on any atom is -0.494 e. The Morgan fingerprint density at radius 2 is 1.68 bits per heavy atom. The lowest BCUT2D eigenvalue weighted by Gasteiger charge is -2.61. The second kappa shape index (κ2) is 6.65. The zero-order valence-corrected chi connectivity index (χ0v) is 16.6. The molecule has 0 spiro atoms. The third kappa shape index (κ3) is 2.92. The van der Waals surface area contributed by atoms with Gasteiger partial charge in [0.05, 0.1) is 12.0 Å². The van der Waals surface area contributed by atoms with Crippen molar-refractivity contribution in [2.45, 2.75) is 50.9 Å². The lowest BCUT2D eigenvalue weighted by molar-refractivity contribution is -0.143. The first kappa shape index (κ1) is 17.8. The van der Waals surface area contributed by atoms with Crippen LogP contribution in [0.1, 0.15) is 51.0 Å².